The highest BCUT2D eigenvalue weighted by Crippen LogP contribution is 2.60. The third-order valence-electron chi connectivity index (χ3n) is 11.9. The van der Waals surface area contributed by atoms with E-state index in [9.17, 15) is 15.0 Å². The molecule has 2 N–H and O–H groups in total. The summed E-state index contributed by atoms with van der Waals surface area (Å²) in [6.07, 6.45) is 16.1. The molecule has 0 radical (unpaired) electrons. The Hall–Kier alpha value is -2.25. The number of carbonyl (C=O) groups is 1. The van der Waals surface area contributed by atoms with Gasteiger partial charge in [0.05, 0.1) is 23.5 Å². The van der Waals surface area contributed by atoms with Gasteiger partial charge in [-0.25, -0.2) is 0 Å². The van der Waals surface area contributed by atoms with Gasteiger partial charge in [0.1, 0.15) is 6.10 Å². The molecule has 0 aromatic carbocycles. The number of hydrogen-bond acceptors (Lipinski definition) is 7. The van der Waals surface area contributed by atoms with Crippen molar-refractivity contribution in [2.75, 3.05) is 0 Å². The van der Waals surface area contributed by atoms with E-state index in [1.165, 1.54) is 31.3 Å². The first-order valence-corrected chi connectivity index (χ1v) is 17.5. The number of aromatic nitrogens is 2. The number of fused-ring (bicyclic) bond motifs is 1. The summed E-state index contributed by atoms with van der Waals surface area (Å²) in [6, 6.07) is 0. The second-order valence-corrected chi connectivity index (χ2v) is 14.9. The smallest absolute Gasteiger partial charge is 0.308 e. The Labute approximate surface area is 264 Å². The predicted molar refractivity (Wildman–Crippen MR) is 172 cm³/mol. The van der Waals surface area contributed by atoms with E-state index in [1.807, 2.05) is 13.8 Å². The molecular formula is C37H56N2O5. The molecule has 7 heteroatoms. The van der Waals surface area contributed by atoms with Gasteiger partial charge in [0.2, 0.25) is 5.89 Å². The Bertz CT molecular complexity index is 1240. The van der Waals surface area contributed by atoms with Gasteiger partial charge in [0.15, 0.2) is 5.82 Å². The SMILES string of the molecule is C=C1/C(=C\C=C2/CCC[C@]3(C)[C@@H]([C@H](C)CC[C@H](OC(=O)C(C)CC)C4(c5nc(CCC)no5)CC4)CC[C@@H]23)C[C@@H](O)C[C@@H]1O. The average Bonchev–Trinajstić information content (AvgIpc) is 3.52. The van der Waals surface area contributed by atoms with Crippen LogP contribution in [-0.4, -0.2) is 44.6 Å². The number of aryl methyl sites for hydroxylation is 1. The number of rotatable bonds is 12. The number of aliphatic hydroxyl groups excluding tert-OH is 2. The minimum absolute atomic E-state index is 0.116. The van der Waals surface area contributed by atoms with E-state index in [-0.39, 0.29) is 28.8 Å². The van der Waals surface area contributed by atoms with Crippen molar-refractivity contribution in [2.24, 2.45) is 29.1 Å². The molecule has 4 saturated carbocycles. The highest BCUT2D eigenvalue weighted by atomic mass is 16.5. The van der Waals surface area contributed by atoms with Crippen molar-refractivity contribution in [2.45, 2.75) is 148 Å². The first-order chi connectivity index (χ1) is 21.0. The minimum Gasteiger partial charge on any atom is -0.461 e. The minimum atomic E-state index is -0.655. The van der Waals surface area contributed by atoms with Crippen LogP contribution >= 0.6 is 0 Å². The number of ether oxygens (including phenoxy) is 1. The second kappa shape index (κ2) is 13.6. The zero-order valence-electron chi connectivity index (χ0n) is 27.8. The highest BCUT2D eigenvalue weighted by molar-refractivity contribution is 5.72. The van der Waals surface area contributed by atoms with Gasteiger partial charge in [-0.2, -0.15) is 4.98 Å². The standard InChI is InChI=1S/C37H56N2O5/c1-7-10-33-38-35(44-39-33)37(19-20-37)32(43-34(42)23(3)8-2)17-12-24(4)29-15-16-30-26(11-9-18-36(29,30)6)13-14-27-21-28(40)22-31(41)25(27)5/h13-14,23-24,28-32,40-41H,5,7-12,15-22H2,1-4,6H3/b26-13+,27-14-/t23?,24-,28-,29-,30+,31+,32+,36-/m1/s1. The van der Waals surface area contributed by atoms with Gasteiger partial charge in [0, 0.05) is 12.8 Å². The molecule has 1 heterocycles. The molecule has 5 rings (SSSR count). The van der Waals surface area contributed by atoms with E-state index < -0.39 is 12.2 Å². The van der Waals surface area contributed by atoms with Gasteiger partial charge in [-0.1, -0.05) is 64.1 Å². The molecule has 4 fully saturated rings. The third-order valence-corrected chi connectivity index (χ3v) is 11.9. The second-order valence-electron chi connectivity index (χ2n) is 14.9. The fourth-order valence-electron chi connectivity index (χ4n) is 8.76. The Kier molecular flexibility index (Phi) is 10.3. The van der Waals surface area contributed by atoms with Crippen molar-refractivity contribution in [3.63, 3.8) is 0 Å². The lowest BCUT2D eigenvalue weighted by atomic mass is 9.60. The Morgan fingerprint density at radius 1 is 1.16 bits per heavy atom. The highest BCUT2D eigenvalue weighted by Gasteiger charge is 2.58. The molecule has 1 aromatic heterocycles. The number of hydrogen-bond donors (Lipinski definition) is 2. The number of esters is 1. The maximum atomic E-state index is 13.1. The third kappa shape index (κ3) is 6.65. The van der Waals surface area contributed by atoms with Crippen LogP contribution in [0.2, 0.25) is 0 Å². The van der Waals surface area contributed by atoms with Crippen LogP contribution in [0.15, 0.2) is 40.0 Å². The molecule has 0 saturated heterocycles. The van der Waals surface area contributed by atoms with Crippen LogP contribution in [0.1, 0.15) is 130 Å². The van der Waals surface area contributed by atoms with Crippen molar-refractivity contribution in [1.82, 2.24) is 10.1 Å². The molecule has 4 aliphatic carbocycles. The number of nitrogens with zero attached hydrogens (tertiary/aromatic N) is 2. The largest absolute Gasteiger partial charge is 0.461 e. The van der Waals surface area contributed by atoms with Crippen LogP contribution in [0.25, 0.3) is 0 Å². The van der Waals surface area contributed by atoms with Gasteiger partial charge >= 0.3 is 5.97 Å². The van der Waals surface area contributed by atoms with E-state index in [0.29, 0.717) is 36.5 Å². The fourth-order valence-corrected chi connectivity index (χ4v) is 8.76. The lowest BCUT2D eigenvalue weighted by Gasteiger charge is -2.44. The fraction of sp³-hybridized carbons (Fsp3) is 0.757. The summed E-state index contributed by atoms with van der Waals surface area (Å²) in [7, 11) is 0. The summed E-state index contributed by atoms with van der Waals surface area (Å²) in [5, 5.41) is 24.7. The summed E-state index contributed by atoms with van der Waals surface area (Å²) in [6.45, 7) is 15.1. The normalized spacial score (nSPS) is 33.7. The Balaban J connectivity index is 1.29. The quantitative estimate of drug-likeness (QED) is 0.236. The zero-order chi connectivity index (χ0) is 31.6. The molecule has 1 unspecified atom stereocenters. The van der Waals surface area contributed by atoms with Crippen LogP contribution < -0.4 is 0 Å². The summed E-state index contributed by atoms with van der Waals surface area (Å²) in [4.78, 5) is 17.8. The van der Waals surface area contributed by atoms with Crippen molar-refractivity contribution < 1.29 is 24.3 Å². The van der Waals surface area contributed by atoms with Crippen molar-refractivity contribution in [3.8, 4) is 0 Å². The number of allylic oxidation sites excluding steroid dienone is 3. The Morgan fingerprint density at radius 2 is 1.93 bits per heavy atom. The summed E-state index contributed by atoms with van der Waals surface area (Å²) in [5.41, 5.74) is 3.14. The number of aliphatic hydroxyl groups is 2. The lowest BCUT2D eigenvalue weighted by Crippen LogP contribution is -2.37. The molecule has 44 heavy (non-hydrogen) atoms. The van der Waals surface area contributed by atoms with Gasteiger partial charge in [-0.15, -0.1) is 0 Å². The van der Waals surface area contributed by atoms with E-state index in [0.717, 1.165) is 68.3 Å². The zero-order valence-corrected chi connectivity index (χ0v) is 27.8. The van der Waals surface area contributed by atoms with Crippen LogP contribution in [0.4, 0.5) is 0 Å². The van der Waals surface area contributed by atoms with Crippen LogP contribution in [0.3, 0.4) is 0 Å². The van der Waals surface area contributed by atoms with Gasteiger partial charge in [0.25, 0.3) is 0 Å². The lowest BCUT2D eigenvalue weighted by molar-refractivity contribution is -0.156. The first-order valence-electron chi connectivity index (χ1n) is 17.5. The first kappa shape index (κ1) is 33.1. The topological polar surface area (TPSA) is 106 Å². The monoisotopic (exact) mass is 608 g/mol. The van der Waals surface area contributed by atoms with Gasteiger partial charge < -0.3 is 19.5 Å². The number of carbonyl (C=O) groups excluding carboxylic acids is 1. The Morgan fingerprint density at radius 3 is 2.64 bits per heavy atom. The van der Waals surface area contributed by atoms with Gasteiger partial charge in [-0.3, -0.25) is 4.79 Å². The molecule has 0 bridgehead atoms. The van der Waals surface area contributed by atoms with Crippen molar-refractivity contribution >= 4 is 5.97 Å². The van der Waals surface area contributed by atoms with E-state index >= 15 is 0 Å². The van der Waals surface area contributed by atoms with Crippen molar-refractivity contribution in [1.29, 1.82) is 0 Å². The molecule has 8 atom stereocenters. The predicted octanol–water partition coefficient (Wildman–Crippen LogP) is 7.57. The maximum Gasteiger partial charge on any atom is 0.308 e. The molecular weight excluding hydrogens is 552 g/mol. The average molecular weight is 609 g/mol. The molecule has 4 aliphatic rings. The summed E-state index contributed by atoms with van der Waals surface area (Å²) < 4.78 is 12.1. The molecule has 0 amide bonds. The van der Waals surface area contributed by atoms with Gasteiger partial charge in [-0.05, 0) is 111 Å². The van der Waals surface area contributed by atoms with E-state index in [1.54, 1.807) is 0 Å². The van der Waals surface area contributed by atoms with Crippen LogP contribution in [-0.2, 0) is 21.4 Å². The maximum absolute atomic E-state index is 13.1. The van der Waals surface area contributed by atoms with Crippen molar-refractivity contribution in [3.05, 3.63) is 47.2 Å². The molecule has 0 aliphatic heterocycles. The van der Waals surface area contributed by atoms with Crippen LogP contribution in [0, 0.1) is 29.1 Å². The molecule has 1 aromatic rings. The molecule has 0 spiro atoms. The summed E-state index contributed by atoms with van der Waals surface area (Å²) >= 11 is 0. The molecule has 244 valence electrons. The summed E-state index contributed by atoms with van der Waals surface area (Å²) in [5.74, 6) is 2.82. The van der Waals surface area contributed by atoms with Crippen LogP contribution in [0.5, 0.6) is 0 Å². The molecule has 7 nitrogen and oxygen atoms in total. The van der Waals surface area contributed by atoms with E-state index in [4.69, 9.17) is 14.2 Å². The van der Waals surface area contributed by atoms with E-state index in [2.05, 4.69) is 44.7 Å².